The number of nitrogens with one attached hydrogen (secondary N) is 1. The Morgan fingerprint density at radius 2 is 2.14 bits per heavy atom. The number of carbonyl (C=O) groups excluding carboxylic acids is 1. The minimum atomic E-state index is 0.00120. The summed E-state index contributed by atoms with van der Waals surface area (Å²) in [5, 5.41) is 9.91. The van der Waals surface area contributed by atoms with Crippen molar-refractivity contribution in [3.05, 3.63) is 47.3 Å². The lowest BCUT2D eigenvalue weighted by molar-refractivity contribution is -0.181. The number of hydrogen-bond donors (Lipinski definition) is 1. The second kappa shape index (κ2) is 8.28. The van der Waals surface area contributed by atoms with Crippen LogP contribution in [-0.4, -0.2) is 40.4 Å². The highest BCUT2D eigenvalue weighted by atomic mass is 16.7. The molecule has 1 atom stereocenters. The lowest BCUT2D eigenvalue weighted by Crippen LogP contribution is -2.39. The van der Waals surface area contributed by atoms with Gasteiger partial charge < -0.3 is 5.32 Å². The molecule has 1 N–H and O–H groups in total. The van der Waals surface area contributed by atoms with E-state index in [1.54, 1.807) is 0 Å². The summed E-state index contributed by atoms with van der Waals surface area (Å²) >= 11 is 0. The number of hydrogen-bond acceptors (Lipinski definition) is 4. The first-order valence-electron chi connectivity index (χ1n) is 10.7. The summed E-state index contributed by atoms with van der Waals surface area (Å²) in [7, 11) is 0. The number of benzene rings is 1. The molecule has 0 unspecified atom stereocenters. The van der Waals surface area contributed by atoms with Gasteiger partial charge in [0.15, 0.2) is 0 Å². The Kier molecular flexibility index (Phi) is 5.74. The lowest BCUT2D eigenvalue weighted by Gasteiger charge is -2.36. The quantitative estimate of drug-likeness (QED) is 0.837. The molecule has 1 saturated heterocycles. The number of hydroxylamine groups is 2. The fourth-order valence-corrected chi connectivity index (χ4v) is 4.50. The first-order chi connectivity index (χ1) is 13.9. The van der Waals surface area contributed by atoms with E-state index in [4.69, 9.17) is 9.94 Å². The van der Waals surface area contributed by atoms with Crippen LogP contribution in [0.25, 0.3) is 5.69 Å². The SMILES string of the molecule is Cc1ccccc1-n1ncc2c1CC(C)(C)C[C@@H]2NC(=O)CCN1CCCCO1. The van der Waals surface area contributed by atoms with Crippen molar-refractivity contribution in [2.45, 2.75) is 58.9 Å². The molecular weight excluding hydrogens is 364 g/mol. The van der Waals surface area contributed by atoms with E-state index in [9.17, 15) is 4.79 Å². The van der Waals surface area contributed by atoms with Gasteiger partial charge in [-0.3, -0.25) is 9.63 Å². The number of amides is 1. The van der Waals surface area contributed by atoms with E-state index in [1.807, 2.05) is 23.4 Å². The summed E-state index contributed by atoms with van der Waals surface area (Å²) in [6, 6.07) is 8.32. The van der Waals surface area contributed by atoms with E-state index in [2.05, 4.69) is 42.9 Å². The second-order valence-corrected chi connectivity index (χ2v) is 9.13. The summed E-state index contributed by atoms with van der Waals surface area (Å²) < 4.78 is 2.06. The molecule has 2 heterocycles. The average molecular weight is 397 g/mol. The molecule has 1 aliphatic carbocycles. The van der Waals surface area contributed by atoms with Gasteiger partial charge in [-0.2, -0.15) is 10.2 Å². The zero-order chi connectivity index (χ0) is 20.4. The summed E-state index contributed by atoms with van der Waals surface area (Å²) in [5.41, 5.74) is 4.76. The Bertz CT molecular complexity index is 868. The molecule has 1 aliphatic heterocycles. The third-order valence-corrected chi connectivity index (χ3v) is 6.02. The fourth-order valence-electron chi connectivity index (χ4n) is 4.50. The van der Waals surface area contributed by atoms with Crippen molar-refractivity contribution in [2.24, 2.45) is 5.41 Å². The van der Waals surface area contributed by atoms with Crippen LogP contribution < -0.4 is 5.32 Å². The minimum Gasteiger partial charge on any atom is -0.349 e. The highest BCUT2D eigenvalue weighted by Gasteiger charge is 2.36. The van der Waals surface area contributed by atoms with Crippen molar-refractivity contribution in [2.75, 3.05) is 19.7 Å². The first-order valence-corrected chi connectivity index (χ1v) is 10.7. The third-order valence-electron chi connectivity index (χ3n) is 6.02. The Labute approximate surface area is 173 Å². The van der Waals surface area contributed by atoms with E-state index in [1.165, 1.54) is 11.3 Å². The summed E-state index contributed by atoms with van der Waals surface area (Å²) in [6.07, 6.45) is 6.51. The number of aryl methyl sites for hydroxylation is 1. The van der Waals surface area contributed by atoms with Crippen molar-refractivity contribution in [3.63, 3.8) is 0 Å². The van der Waals surface area contributed by atoms with E-state index < -0.39 is 0 Å². The number of rotatable bonds is 5. The van der Waals surface area contributed by atoms with E-state index >= 15 is 0 Å². The summed E-state index contributed by atoms with van der Waals surface area (Å²) in [4.78, 5) is 18.3. The molecule has 0 spiro atoms. The smallest absolute Gasteiger partial charge is 0.221 e. The van der Waals surface area contributed by atoms with Crippen molar-refractivity contribution in [1.82, 2.24) is 20.2 Å². The van der Waals surface area contributed by atoms with Crippen LogP contribution in [0.3, 0.4) is 0 Å². The van der Waals surface area contributed by atoms with Gasteiger partial charge in [0.25, 0.3) is 0 Å². The number of aromatic nitrogens is 2. The first kappa shape index (κ1) is 20.1. The molecule has 4 rings (SSSR count). The van der Waals surface area contributed by atoms with Gasteiger partial charge >= 0.3 is 0 Å². The van der Waals surface area contributed by atoms with Crippen LogP contribution in [0.1, 0.15) is 62.4 Å². The maximum Gasteiger partial charge on any atom is 0.221 e. The highest BCUT2D eigenvalue weighted by molar-refractivity contribution is 5.76. The molecule has 29 heavy (non-hydrogen) atoms. The Balaban J connectivity index is 1.50. The van der Waals surface area contributed by atoms with Crippen molar-refractivity contribution < 1.29 is 9.63 Å². The molecular formula is C23H32N4O2. The van der Waals surface area contributed by atoms with Crippen LogP contribution in [0, 0.1) is 12.3 Å². The van der Waals surface area contributed by atoms with Gasteiger partial charge in [0.1, 0.15) is 0 Å². The predicted molar refractivity (Wildman–Crippen MR) is 113 cm³/mol. The van der Waals surface area contributed by atoms with Crippen LogP contribution in [0.2, 0.25) is 0 Å². The molecule has 1 aromatic heterocycles. The number of fused-ring (bicyclic) bond motifs is 1. The summed E-state index contributed by atoms with van der Waals surface area (Å²) in [6.45, 7) is 8.98. The zero-order valence-electron chi connectivity index (χ0n) is 17.8. The zero-order valence-corrected chi connectivity index (χ0v) is 17.8. The van der Waals surface area contributed by atoms with Crippen LogP contribution in [0.15, 0.2) is 30.5 Å². The van der Waals surface area contributed by atoms with Crippen LogP contribution in [-0.2, 0) is 16.1 Å². The normalized spacial score (nSPS) is 21.6. The van der Waals surface area contributed by atoms with Gasteiger partial charge in [0, 0.05) is 25.1 Å². The number of para-hydroxylation sites is 1. The molecule has 0 radical (unpaired) electrons. The second-order valence-electron chi connectivity index (χ2n) is 9.13. The standard InChI is InChI=1S/C23H32N4O2/c1-17-8-4-5-9-20(17)27-21-15-23(2,3)14-19(18(21)16-24-27)25-22(28)10-12-26-11-6-7-13-29-26/h4-5,8-9,16,19H,6-7,10-15H2,1-3H3,(H,25,28)/t19-/m0/s1. The van der Waals surface area contributed by atoms with Gasteiger partial charge in [-0.1, -0.05) is 32.0 Å². The van der Waals surface area contributed by atoms with Crippen molar-refractivity contribution in [3.8, 4) is 5.69 Å². The van der Waals surface area contributed by atoms with E-state index in [0.29, 0.717) is 13.0 Å². The fraction of sp³-hybridized carbons (Fsp3) is 0.565. The molecule has 1 aromatic carbocycles. The molecule has 1 amide bonds. The molecule has 6 nitrogen and oxygen atoms in total. The molecule has 1 fully saturated rings. The van der Waals surface area contributed by atoms with Gasteiger partial charge in [0.2, 0.25) is 5.91 Å². The molecule has 2 aromatic rings. The van der Waals surface area contributed by atoms with Gasteiger partial charge in [-0.05, 0) is 49.7 Å². The molecule has 0 bridgehead atoms. The molecule has 2 aliphatic rings. The highest BCUT2D eigenvalue weighted by Crippen LogP contribution is 2.41. The van der Waals surface area contributed by atoms with Gasteiger partial charge in [-0.25, -0.2) is 4.68 Å². The monoisotopic (exact) mass is 396 g/mol. The Hall–Kier alpha value is -2.18. The number of nitrogens with zero attached hydrogens (tertiary/aromatic N) is 3. The maximum atomic E-state index is 12.7. The minimum absolute atomic E-state index is 0.00120. The van der Waals surface area contributed by atoms with E-state index in [-0.39, 0.29) is 17.4 Å². The third kappa shape index (κ3) is 4.54. The Morgan fingerprint density at radius 1 is 1.31 bits per heavy atom. The van der Waals surface area contributed by atoms with Gasteiger partial charge in [0.05, 0.1) is 30.2 Å². The van der Waals surface area contributed by atoms with Crippen LogP contribution in [0.4, 0.5) is 0 Å². The van der Waals surface area contributed by atoms with Gasteiger partial charge in [-0.15, -0.1) is 0 Å². The number of carbonyl (C=O) groups is 1. The van der Waals surface area contributed by atoms with Crippen molar-refractivity contribution >= 4 is 5.91 Å². The van der Waals surface area contributed by atoms with Crippen LogP contribution >= 0.6 is 0 Å². The lowest BCUT2D eigenvalue weighted by atomic mass is 9.74. The molecule has 6 heteroatoms. The van der Waals surface area contributed by atoms with Crippen molar-refractivity contribution in [1.29, 1.82) is 0 Å². The summed E-state index contributed by atoms with van der Waals surface area (Å²) in [5.74, 6) is 0.0801. The predicted octanol–water partition coefficient (Wildman–Crippen LogP) is 3.73. The Morgan fingerprint density at radius 3 is 2.90 bits per heavy atom. The van der Waals surface area contributed by atoms with E-state index in [0.717, 1.165) is 50.1 Å². The topological polar surface area (TPSA) is 59.4 Å². The molecule has 156 valence electrons. The molecule has 0 saturated carbocycles. The average Bonchev–Trinajstić information content (AvgIpc) is 3.10. The maximum absolute atomic E-state index is 12.7. The largest absolute Gasteiger partial charge is 0.349 e. The van der Waals surface area contributed by atoms with Crippen LogP contribution in [0.5, 0.6) is 0 Å².